The molecule has 0 saturated carbocycles. The monoisotopic (exact) mass is 423 g/mol. The summed E-state index contributed by atoms with van der Waals surface area (Å²) in [5.41, 5.74) is 0.509. The topological polar surface area (TPSA) is 84.7 Å². The third kappa shape index (κ3) is 5.62. The number of ether oxygens (including phenoxy) is 1. The molecule has 10 heteroatoms. The molecule has 0 spiro atoms. The molecule has 2 aromatic carbocycles. The normalized spacial score (nSPS) is 14.3. The molecule has 1 aliphatic rings. The number of nitro groups is 1. The van der Waals surface area contributed by atoms with Crippen LogP contribution in [0.3, 0.4) is 0 Å². The molecule has 1 saturated heterocycles. The summed E-state index contributed by atoms with van der Waals surface area (Å²) in [5.74, 6) is -1.10. The molecule has 1 fully saturated rings. The fraction of sp³-hybridized carbons (Fsp3) is 0.350. The number of nitrogens with zero attached hydrogens (tertiary/aromatic N) is 2. The molecule has 0 aromatic heterocycles. The third-order valence-corrected chi connectivity index (χ3v) is 4.66. The largest absolute Gasteiger partial charge is 0.484 e. The quantitative estimate of drug-likeness (QED) is 0.534. The smallest absolute Gasteiger partial charge is 0.422 e. The Labute approximate surface area is 170 Å². The van der Waals surface area contributed by atoms with Crippen LogP contribution in [0.4, 0.5) is 30.2 Å². The van der Waals surface area contributed by atoms with Crippen LogP contribution in [0, 0.1) is 10.1 Å². The van der Waals surface area contributed by atoms with E-state index in [0.29, 0.717) is 5.69 Å². The lowest BCUT2D eigenvalue weighted by atomic mass is 10.1. The minimum atomic E-state index is -4.57. The van der Waals surface area contributed by atoms with Crippen LogP contribution in [0.1, 0.15) is 29.6 Å². The van der Waals surface area contributed by atoms with Crippen LogP contribution in [0.5, 0.6) is 5.75 Å². The standard InChI is InChI=1S/C20H20F3N3O4/c21-20(22,23)13-30-16-8-9-18(26(28)29)17(12-16)19(27)24-14-4-6-15(7-5-14)25-10-2-1-3-11-25/h4-9,12H,1-3,10-11,13H2,(H,24,27). The molecule has 160 valence electrons. The zero-order valence-electron chi connectivity index (χ0n) is 15.9. The number of benzene rings is 2. The molecule has 0 atom stereocenters. The summed E-state index contributed by atoms with van der Waals surface area (Å²) < 4.78 is 41.6. The second kappa shape index (κ2) is 9.02. The first-order valence-corrected chi connectivity index (χ1v) is 9.37. The van der Waals surface area contributed by atoms with Crippen molar-refractivity contribution in [2.45, 2.75) is 25.4 Å². The Morgan fingerprint density at radius 3 is 2.37 bits per heavy atom. The van der Waals surface area contributed by atoms with E-state index in [-0.39, 0.29) is 11.3 Å². The van der Waals surface area contributed by atoms with E-state index >= 15 is 0 Å². The number of alkyl halides is 3. The van der Waals surface area contributed by atoms with Crippen molar-refractivity contribution in [3.8, 4) is 5.75 Å². The Bertz CT molecular complexity index is 911. The van der Waals surface area contributed by atoms with Crippen molar-refractivity contribution in [3.05, 3.63) is 58.1 Å². The molecule has 1 N–H and O–H groups in total. The average Bonchev–Trinajstić information content (AvgIpc) is 2.72. The first kappa shape index (κ1) is 21.4. The van der Waals surface area contributed by atoms with Crippen LogP contribution in [-0.2, 0) is 0 Å². The van der Waals surface area contributed by atoms with Crippen molar-refractivity contribution in [3.63, 3.8) is 0 Å². The number of nitro benzene ring substituents is 1. The molecule has 1 heterocycles. The van der Waals surface area contributed by atoms with Gasteiger partial charge in [0.15, 0.2) is 6.61 Å². The van der Waals surface area contributed by atoms with E-state index in [0.717, 1.165) is 49.8 Å². The van der Waals surface area contributed by atoms with Gasteiger partial charge < -0.3 is 15.0 Å². The first-order chi connectivity index (χ1) is 14.2. The van der Waals surface area contributed by atoms with E-state index in [2.05, 4.69) is 15.0 Å². The zero-order valence-corrected chi connectivity index (χ0v) is 15.9. The number of carbonyl (C=O) groups excluding carboxylic acids is 1. The van der Waals surface area contributed by atoms with Gasteiger partial charge in [0.05, 0.1) is 4.92 Å². The lowest BCUT2D eigenvalue weighted by molar-refractivity contribution is -0.385. The summed E-state index contributed by atoms with van der Waals surface area (Å²) in [6.45, 7) is 0.356. The Kier molecular flexibility index (Phi) is 6.43. The van der Waals surface area contributed by atoms with Gasteiger partial charge in [-0.3, -0.25) is 14.9 Å². The van der Waals surface area contributed by atoms with Crippen LogP contribution in [0.15, 0.2) is 42.5 Å². The molecular weight excluding hydrogens is 403 g/mol. The lowest BCUT2D eigenvalue weighted by Gasteiger charge is -2.28. The van der Waals surface area contributed by atoms with E-state index in [1.165, 1.54) is 6.42 Å². The van der Waals surface area contributed by atoms with E-state index in [1.54, 1.807) is 12.1 Å². The van der Waals surface area contributed by atoms with Crippen molar-refractivity contribution in [1.82, 2.24) is 0 Å². The summed E-state index contributed by atoms with van der Waals surface area (Å²) in [6.07, 6.45) is -1.13. The van der Waals surface area contributed by atoms with Crippen molar-refractivity contribution in [2.75, 3.05) is 29.9 Å². The summed E-state index contributed by atoms with van der Waals surface area (Å²) in [4.78, 5) is 25.3. The molecule has 30 heavy (non-hydrogen) atoms. The Morgan fingerprint density at radius 2 is 1.77 bits per heavy atom. The summed E-state index contributed by atoms with van der Waals surface area (Å²) >= 11 is 0. The molecule has 1 amide bonds. The number of hydrogen-bond donors (Lipinski definition) is 1. The SMILES string of the molecule is O=C(Nc1ccc(N2CCCCC2)cc1)c1cc(OCC(F)(F)F)ccc1[N+](=O)[O-]. The molecule has 0 radical (unpaired) electrons. The molecular formula is C20H20F3N3O4. The number of halogens is 3. The van der Waals surface area contributed by atoms with Gasteiger partial charge in [0.2, 0.25) is 0 Å². The van der Waals surface area contributed by atoms with Gasteiger partial charge in [-0.15, -0.1) is 0 Å². The second-order valence-corrected chi connectivity index (χ2v) is 6.89. The fourth-order valence-corrected chi connectivity index (χ4v) is 3.22. The molecule has 0 aliphatic carbocycles. The Hall–Kier alpha value is -3.30. The minimum absolute atomic E-state index is 0.288. The van der Waals surface area contributed by atoms with Gasteiger partial charge in [0.25, 0.3) is 11.6 Å². The number of amides is 1. The minimum Gasteiger partial charge on any atom is -0.484 e. The predicted octanol–water partition coefficient (Wildman–Crippen LogP) is 4.78. The molecule has 1 aliphatic heterocycles. The van der Waals surface area contributed by atoms with Crippen molar-refractivity contribution in [1.29, 1.82) is 0 Å². The van der Waals surface area contributed by atoms with Crippen molar-refractivity contribution in [2.24, 2.45) is 0 Å². The van der Waals surface area contributed by atoms with Crippen molar-refractivity contribution >= 4 is 23.0 Å². The van der Waals surface area contributed by atoms with Gasteiger partial charge in [0.1, 0.15) is 11.3 Å². The van der Waals surface area contributed by atoms with Gasteiger partial charge in [0, 0.05) is 30.5 Å². The van der Waals surface area contributed by atoms with E-state index < -0.39 is 29.3 Å². The Morgan fingerprint density at radius 1 is 1.10 bits per heavy atom. The lowest BCUT2D eigenvalue weighted by Crippen LogP contribution is -2.29. The average molecular weight is 423 g/mol. The van der Waals surface area contributed by atoms with E-state index in [9.17, 15) is 28.1 Å². The van der Waals surface area contributed by atoms with Gasteiger partial charge in [-0.2, -0.15) is 13.2 Å². The number of nitrogens with one attached hydrogen (secondary N) is 1. The maximum Gasteiger partial charge on any atom is 0.422 e. The molecule has 7 nitrogen and oxygen atoms in total. The number of hydrogen-bond acceptors (Lipinski definition) is 5. The van der Waals surface area contributed by atoms with E-state index in [4.69, 9.17) is 0 Å². The maximum atomic E-state index is 12.6. The first-order valence-electron chi connectivity index (χ1n) is 9.37. The van der Waals surface area contributed by atoms with Crippen molar-refractivity contribution < 1.29 is 27.6 Å². The third-order valence-electron chi connectivity index (χ3n) is 4.66. The second-order valence-electron chi connectivity index (χ2n) is 6.89. The van der Waals surface area contributed by atoms with Crippen LogP contribution < -0.4 is 15.0 Å². The van der Waals surface area contributed by atoms with Crippen LogP contribution in [0.25, 0.3) is 0 Å². The molecule has 2 aromatic rings. The summed E-state index contributed by atoms with van der Waals surface area (Å²) in [6, 6.07) is 9.95. The highest BCUT2D eigenvalue weighted by atomic mass is 19.4. The number of anilines is 2. The van der Waals surface area contributed by atoms with Gasteiger partial charge >= 0.3 is 6.18 Å². The predicted molar refractivity (Wildman–Crippen MR) is 105 cm³/mol. The zero-order chi connectivity index (χ0) is 21.7. The number of carbonyl (C=O) groups is 1. The van der Waals surface area contributed by atoms with Gasteiger partial charge in [-0.1, -0.05) is 0 Å². The highest BCUT2D eigenvalue weighted by molar-refractivity contribution is 6.07. The molecule has 0 unspecified atom stereocenters. The van der Waals surface area contributed by atoms with Crippen LogP contribution in [0.2, 0.25) is 0 Å². The highest BCUT2D eigenvalue weighted by Crippen LogP contribution is 2.27. The van der Waals surface area contributed by atoms with Gasteiger partial charge in [-0.25, -0.2) is 0 Å². The highest BCUT2D eigenvalue weighted by Gasteiger charge is 2.29. The van der Waals surface area contributed by atoms with Crippen LogP contribution in [-0.4, -0.2) is 36.7 Å². The number of rotatable bonds is 6. The van der Waals surface area contributed by atoms with Gasteiger partial charge in [-0.05, 0) is 55.7 Å². The fourth-order valence-electron chi connectivity index (χ4n) is 3.22. The Balaban J connectivity index is 1.75. The number of piperidine rings is 1. The van der Waals surface area contributed by atoms with E-state index in [1.807, 2.05) is 12.1 Å². The van der Waals surface area contributed by atoms with Crippen LogP contribution >= 0.6 is 0 Å². The molecule has 3 rings (SSSR count). The summed E-state index contributed by atoms with van der Waals surface area (Å²) in [5, 5.41) is 13.8. The summed E-state index contributed by atoms with van der Waals surface area (Å²) in [7, 11) is 0. The molecule has 0 bridgehead atoms. The maximum absolute atomic E-state index is 12.6.